The highest BCUT2D eigenvalue weighted by molar-refractivity contribution is 6.62. The van der Waals surface area contributed by atoms with Gasteiger partial charge in [0.15, 0.2) is 0 Å². The first-order valence-electron chi connectivity index (χ1n) is 10.6. The van der Waals surface area contributed by atoms with Crippen molar-refractivity contribution < 1.29 is 9.31 Å². The van der Waals surface area contributed by atoms with E-state index in [9.17, 15) is 0 Å². The number of fused-ring (bicyclic) bond motifs is 1. The van der Waals surface area contributed by atoms with Gasteiger partial charge < -0.3 is 9.31 Å². The molecule has 1 aliphatic rings. The normalized spacial score (nSPS) is 17.2. The average Bonchev–Trinajstić information content (AvgIpc) is 3.00. The molecule has 0 N–H and O–H groups in total. The lowest BCUT2D eigenvalue weighted by atomic mass is 9.78. The average molecular weight is 408 g/mol. The largest absolute Gasteiger partial charge is 0.494 e. The summed E-state index contributed by atoms with van der Waals surface area (Å²) >= 11 is 0. The van der Waals surface area contributed by atoms with Gasteiger partial charge in [0.25, 0.3) is 0 Å². The Bertz CT molecular complexity index is 1240. The van der Waals surface area contributed by atoms with Crippen LogP contribution in [0.2, 0.25) is 0 Å². The summed E-state index contributed by atoms with van der Waals surface area (Å²) in [5, 5.41) is 0. The Morgan fingerprint density at radius 2 is 1.13 bits per heavy atom. The van der Waals surface area contributed by atoms with Crippen LogP contribution in [-0.4, -0.2) is 28.3 Å². The first-order valence-corrected chi connectivity index (χ1v) is 10.6. The van der Waals surface area contributed by atoms with E-state index in [0.717, 1.165) is 39.0 Å². The quantitative estimate of drug-likeness (QED) is 0.434. The molecule has 4 aromatic rings. The first kappa shape index (κ1) is 19.9. The summed E-state index contributed by atoms with van der Waals surface area (Å²) in [6.07, 6.45) is 0. The van der Waals surface area contributed by atoms with Crippen LogP contribution in [0.3, 0.4) is 0 Å². The van der Waals surface area contributed by atoms with E-state index < -0.39 is 7.12 Å². The van der Waals surface area contributed by atoms with Gasteiger partial charge in [-0.3, -0.25) is 0 Å². The van der Waals surface area contributed by atoms with Gasteiger partial charge in [-0.05, 0) is 45.3 Å². The lowest BCUT2D eigenvalue weighted by molar-refractivity contribution is 0.00578. The van der Waals surface area contributed by atoms with Gasteiger partial charge in [-0.1, -0.05) is 66.7 Å². The standard InChI is InChI=1S/C26H25BN2O2/c1-25(2)26(3,4)31-27(30-25)20-14-10-13-19(17-20)24-23(18-11-6-5-7-12-18)28-21-15-8-9-16-22(21)29-24/h5-17H,1-4H3. The van der Waals surface area contributed by atoms with Crippen LogP contribution in [0, 0.1) is 0 Å². The van der Waals surface area contributed by atoms with E-state index in [4.69, 9.17) is 19.3 Å². The number of benzene rings is 3. The Morgan fingerprint density at radius 1 is 0.613 bits per heavy atom. The summed E-state index contributed by atoms with van der Waals surface area (Å²) < 4.78 is 12.5. The van der Waals surface area contributed by atoms with E-state index in [0.29, 0.717) is 0 Å². The van der Waals surface area contributed by atoms with Crippen LogP contribution in [0.25, 0.3) is 33.5 Å². The summed E-state index contributed by atoms with van der Waals surface area (Å²) in [6, 6.07) is 26.4. The minimum atomic E-state index is -0.418. The SMILES string of the molecule is CC1(C)OB(c2cccc(-c3nc4ccccc4nc3-c3ccccc3)c2)OC1(C)C. The molecule has 1 saturated heterocycles. The molecule has 1 fully saturated rings. The molecule has 1 aromatic heterocycles. The molecule has 4 nitrogen and oxygen atoms in total. The molecule has 5 rings (SSSR count). The predicted molar refractivity (Wildman–Crippen MR) is 126 cm³/mol. The van der Waals surface area contributed by atoms with Crippen molar-refractivity contribution in [3.8, 4) is 22.5 Å². The highest BCUT2D eigenvalue weighted by Crippen LogP contribution is 2.37. The molecule has 0 amide bonds. The van der Waals surface area contributed by atoms with Gasteiger partial charge in [0, 0.05) is 11.1 Å². The minimum absolute atomic E-state index is 0.383. The van der Waals surface area contributed by atoms with Crippen molar-refractivity contribution >= 4 is 23.6 Å². The number of hydrogen-bond acceptors (Lipinski definition) is 4. The highest BCUT2D eigenvalue weighted by Gasteiger charge is 2.51. The lowest BCUT2D eigenvalue weighted by Crippen LogP contribution is -2.41. The molecule has 0 saturated carbocycles. The Kier molecular flexibility index (Phi) is 4.69. The molecule has 0 aliphatic carbocycles. The summed E-state index contributed by atoms with van der Waals surface area (Å²) in [4.78, 5) is 9.97. The van der Waals surface area contributed by atoms with Gasteiger partial charge in [0.2, 0.25) is 0 Å². The van der Waals surface area contributed by atoms with Crippen molar-refractivity contribution in [1.82, 2.24) is 9.97 Å². The Morgan fingerprint density at radius 3 is 1.74 bits per heavy atom. The maximum absolute atomic E-state index is 6.27. The van der Waals surface area contributed by atoms with Gasteiger partial charge in [-0.15, -0.1) is 0 Å². The third kappa shape index (κ3) is 3.54. The molecule has 0 atom stereocenters. The van der Waals surface area contributed by atoms with Gasteiger partial charge in [0.1, 0.15) is 0 Å². The molecule has 154 valence electrons. The maximum atomic E-state index is 6.27. The Hall–Kier alpha value is -3.02. The number of para-hydroxylation sites is 2. The van der Waals surface area contributed by atoms with E-state index in [2.05, 4.69) is 52.0 Å². The third-order valence-electron chi connectivity index (χ3n) is 6.30. The molecule has 1 aliphatic heterocycles. The zero-order chi connectivity index (χ0) is 21.6. The topological polar surface area (TPSA) is 44.2 Å². The van der Waals surface area contributed by atoms with Crippen LogP contribution in [0.1, 0.15) is 27.7 Å². The summed E-state index contributed by atoms with van der Waals surface area (Å²) in [5.74, 6) is 0. The van der Waals surface area contributed by atoms with Crippen molar-refractivity contribution in [3.63, 3.8) is 0 Å². The minimum Gasteiger partial charge on any atom is -0.399 e. The van der Waals surface area contributed by atoms with E-state index in [-0.39, 0.29) is 11.2 Å². The van der Waals surface area contributed by atoms with Gasteiger partial charge in [-0.2, -0.15) is 0 Å². The Balaban J connectivity index is 1.64. The van der Waals surface area contributed by atoms with E-state index in [1.54, 1.807) is 0 Å². The number of nitrogens with zero attached hydrogens (tertiary/aromatic N) is 2. The number of rotatable bonds is 3. The van der Waals surface area contributed by atoms with Crippen molar-refractivity contribution in [2.45, 2.75) is 38.9 Å². The summed E-state index contributed by atoms with van der Waals surface area (Å²) in [5.41, 5.74) is 5.71. The zero-order valence-corrected chi connectivity index (χ0v) is 18.3. The second-order valence-corrected chi connectivity index (χ2v) is 8.99. The van der Waals surface area contributed by atoms with Crippen molar-refractivity contribution in [1.29, 1.82) is 0 Å². The lowest BCUT2D eigenvalue weighted by Gasteiger charge is -2.32. The molecular formula is C26H25BN2O2. The van der Waals surface area contributed by atoms with E-state index >= 15 is 0 Å². The van der Waals surface area contributed by atoms with Crippen LogP contribution in [-0.2, 0) is 9.31 Å². The number of hydrogen-bond donors (Lipinski definition) is 0. The third-order valence-corrected chi connectivity index (χ3v) is 6.30. The molecular weight excluding hydrogens is 383 g/mol. The molecule has 0 unspecified atom stereocenters. The molecule has 31 heavy (non-hydrogen) atoms. The Labute approximate surface area is 183 Å². The fourth-order valence-corrected chi connectivity index (χ4v) is 3.81. The van der Waals surface area contributed by atoms with Crippen molar-refractivity contribution in [2.24, 2.45) is 0 Å². The van der Waals surface area contributed by atoms with Gasteiger partial charge in [-0.25, -0.2) is 9.97 Å². The van der Waals surface area contributed by atoms with Gasteiger partial charge in [0.05, 0.1) is 33.6 Å². The van der Waals surface area contributed by atoms with Crippen LogP contribution in [0.5, 0.6) is 0 Å². The molecule has 0 spiro atoms. The first-order chi connectivity index (χ1) is 14.8. The zero-order valence-electron chi connectivity index (χ0n) is 18.3. The van der Waals surface area contributed by atoms with Crippen LogP contribution < -0.4 is 5.46 Å². The van der Waals surface area contributed by atoms with Crippen molar-refractivity contribution in [2.75, 3.05) is 0 Å². The molecule has 2 heterocycles. The fraction of sp³-hybridized carbons (Fsp3) is 0.231. The van der Waals surface area contributed by atoms with E-state index in [1.807, 2.05) is 54.6 Å². The second kappa shape index (κ2) is 7.29. The molecule has 5 heteroatoms. The highest BCUT2D eigenvalue weighted by atomic mass is 16.7. The van der Waals surface area contributed by atoms with Crippen LogP contribution >= 0.6 is 0 Å². The van der Waals surface area contributed by atoms with Gasteiger partial charge >= 0.3 is 7.12 Å². The monoisotopic (exact) mass is 408 g/mol. The smallest absolute Gasteiger partial charge is 0.399 e. The molecule has 0 bridgehead atoms. The number of aromatic nitrogens is 2. The molecule has 0 radical (unpaired) electrons. The summed E-state index contributed by atoms with van der Waals surface area (Å²) in [7, 11) is -0.418. The molecule has 3 aromatic carbocycles. The van der Waals surface area contributed by atoms with Crippen LogP contribution in [0.4, 0.5) is 0 Å². The van der Waals surface area contributed by atoms with E-state index in [1.165, 1.54) is 0 Å². The second-order valence-electron chi connectivity index (χ2n) is 8.99. The van der Waals surface area contributed by atoms with Crippen LogP contribution in [0.15, 0.2) is 78.9 Å². The maximum Gasteiger partial charge on any atom is 0.494 e. The van der Waals surface area contributed by atoms with Crippen molar-refractivity contribution in [3.05, 3.63) is 78.9 Å². The predicted octanol–water partition coefficient (Wildman–Crippen LogP) is 5.26. The fourth-order valence-electron chi connectivity index (χ4n) is 3.81. The summed E-state index contributed by atoms with van der Waals surface area (Å²) in [6.45, 7) is 8.27.